The highest BCUT2D eigenvalue weighted by molar-refractivity contribution is 5.75. The second kappa shape index (κ2) is 7.28. The molecule has 3 heteroatoms. The van der Waals surface area contributed by atoms with Crippen LogP contribution in [-0.4, -0.2) is 30.4 Å². The summed E-state index contributed by atoms with van der Waals surface area (Å²) in [6, 6.07) is 9.07. The third-order valence-corrected chi connectivity index (χ3v) is 5.41. The van der Waals surface area contributed by atoms with Crippen molar-refractivity contribution in [1.82, 2.24) is 10.2 Å². The molecule has 3 rings (SSSR count). The first-order chi connectivity index (χ1) is 10.7. The van der Waals surface area contributed by atoms with Gasteiger partial charge in [0.15, 0.2) is 0 Å². The summed E-state index contributed by atoms with van der Waals surface area (Å²) in [5, 5.41) is 3.16. The summed E-state index contributed by atoms with van der Waals surface area (Å²) in [4.78, 5) is 14.4. The Morgan fingerprint density at radius 1 is 1.23 bits per heavy atom. The zero-order valence-corrected chi connectivity index (χ0v) is 13.7. The van der Waals surface area contributed by atoms with Gasteiger partial charge in [0.2, 0.25) is 5.91 Å². The first-order valence-electron chi connectivity index (χ1n) is 8.76. The van der Waals surface area contributed by atoms with Gasteiger partial charge in [-0.2, -0.15) is 0 Å². The standard InChI is InChI=1S/C19H28N2O/c1-21-14-17-9-5-4-8-16(17)12-18(21)13-20-19(22)11-10-15-6-2-3-7-15/h4-5,8-9,15,18H,2-3,6-7,10-14H2,1H3,(H,20,22). The topological polar surface area (TPSA) is 32.3 Å². The number of likely N-dealkylation sites (N-methyl/N-ethyl adjacent to an activating group) is 1. The molecule has 1 unspecified atom stereocenters. The lowest BCUT2D eigenvalue weighted by Gasteiger charge is -2.34. The minimum absolute atomic E-state index is 0.235. The van der Waals surface area contributed by atoms with Gasteiger partial charge >= 0.3 is 0 Å². The highest BCUT2D eigenvalue weighted by Gasteiger charge is 2.23. The summed E-state index contributed by atoms with van der Waals surface area (Å²) in [6.07, 6.45) is 8.20. The van der Waals surface area contributed by atoms with E-state index in [1.54, 1.807) is 0 Å². The van der Waals surface area contributed by atoms with E-state index >= 15 is 0 Å². The summed E-state index contributed by atoms with van der Waals surface area (Å²) in [7, 11) is 2.16. The number of hydrogen-bond acceptors (Lipinski definition) is 2. The SMILES string of the molecule is CN1Cc2ccccc2CC1CNC(=O)CCC1CCCC1. The molecule has 22 heavy (non-hydrogen) atoms. The molecule has 3 nitrogen and oxygen atoms in total. The molecule has 0 aromatic heterocycles. The molecular formula is C19H28N2O. The number of nitrogens with one attached hydrogen (secondary N) is 1. The van der Waals surface area contributed by atoms with Crippen LogP contribution in [0.15, 0.2) is 24.3 Å². The zero-order chi connectivity index (χ0) is 15.4. The number of hydrogen-bond donors (Lipinski definition) is 1. The quantitative estimate of drug-likeness (QED) is 0.906. The minimum Gasteiger partial charge on any atom is -0.355 e. The molecule has 1 atom stereocenters. The molecule has 2 aliphatic rings. The van der Waals surface area contributed by atoms with Gasteiger partial charge < -0.3 is 5.32 Å². The Kier molecular flexibility index (Phi) is 5.14. The largest absolute Gasteiger partial charge is 0.355 e. The van der Waals surface area contributed by atoms with Crippen molar-refractivity contribution in [2.75, 3.05) is 13.6 Å². The highest BCUT2D eigenvalue weighted by atomic mass is 16.1. The van der Waals surface area contributed by atoms with Gasteiger partial charge in [-0.15, -0.1) is 0 Å². The molecule has 0 bridgehead atoms. The van der Waals surface area contributed by atoms with Crippen molar-refractivity contribution >= 4 is 5.91 Å². The van der Waals surface area contributed by atoms with Crippen molar-refractivity contribution < 1.29 is 4.79 Å². The van der Waals surface area contributed by atoms with Gasteiger partial charge in [-0.25, -0.2) is 0 Å². The first kappa shape index (κ1) is 15.5. The molecular weight excluding hydrogens is 272 g/mol. The maximum absolute atomic E-state index is 12.1. The predicted molar refractivity (Wildman–Crippen MR) is 89.6 cm³/mol. The summed E-state index contributed by atoms with van der Waals surface area (Å²) in [5.41, 5.74) is 2.86. The fraction of sp³-hybridized carbons (Fsp3) is 0.632. The van der Waals surface area contributed by atoms with Crippen molar-refractivity contribution in [2.45, 2.75) is 57.5 Å². The molecule has 1 aromatic rings. The van der Waals surface area contributed by atoms with Crippen LogP contribution in [0.2, 0.25) is 0 Å². The van der Waals surface area contributed by atoms with Crippen LogP contribution in [0.5, 0.6) is 0 Å². The van der Waals surface area contributed by atoms with Crippen molar-refractivity contribution in [3.8, 4) is 0 Å². The van der Waals surface area contributed by atoms with Crippen LogP contribution in [0.1, 0.15) is 49.7 Å². The van der Waals surface area contributed by atoms with E-state index in [-0.39, 0.29) is 5.91 Å². The van der Waals surface area contributed by atoms with Crippen LogP contribution in [-0.2, 0) is 17.8 Å². The summed E-state index contributed by atoms with van der Waals surface area (Å²) in [6.45, 7) is 1.76. The average molecular weight is 300 g/mol. The maximum atomic E-state index is 12.1. The Labute approximate surface area is 134 Å². The lowest BCUT2D eigenvalue weighted by molar-refractivity contribution is -0.121. The first-order valence-corrected chi connectivity index (χ1v) is 8.76. The third-order valence-electron chi connectivity index (χ3n) is 5.41. The van der Waals surface area contributed by atoms with E-state index in [1.807, 2.05) is 0 Å². The lowest BCUT2D eigenvalue weighted by Crippen LogP contribution is -2.45. The van der Waals surface area contributed by atoms with Crippen LogP contribution >= 0.6 is 0 Å². The van der Waals surface area contributed by atoms with Crippen molar-refractivity contribution in [1.29, 1.82) is 0 Å². The molecule has 1 aliphatic heterocycles. The second-order valence-corrected chi connectivity index (χ2v) is 7.04. The number of nitrogens with zero attached hydrogens (tertiary/aromatic N) is 1. The fourth-order valence-corrected chi connectivity index (χ4v) is 3.90. The summed E-state index contributed by atoms with van der Waals surface area (Å²) < 4.78 is 0. The number of benzene rings is 1. The zero-order valence-electron chi connectivity index (χ0n) is 13.7. The van der Waals surface area contributed by atoms with E-state index in [0.29, 0.717) is 12.5 Å². The number of carbonyl (C=O) groups excluding carboxylic acids is 1. The van der Waals surface area contributed by atoms with E-state index < -0.39 is 0 Å². The Morgan fingerprint density at radius 2 is 1.95 bits per heavy atom. The highest BCUT2D eigenvalue weighted by Crippen LogP contribution is 2.28. The molecule has 1 aliphatic carbocycles. The van der Waals surface area contributed by atoms with Crippen LogP contribution in [0.3, 0.4) is 0 Å². The number of carbonyl (C=O) groups is 1. The van der Waals surface area contributed by atoms with Crippen LogP contribution in [0.4, 0.5) is 0 Å². The Bertz CT molecular complexity index is 508. The fourth-order valence-electron chi connectivity index (χ4n) is 3.90. The van der Waals surface area contributed by atoms with E-state index in [4.69, 9.17) is 0 Å². The molecule has 0 spiro atoms. The molecule has 1 amide bonds. The van der Waals surface area contributed by atoms with E-state index in [2.05, 4.69) is 41.5 Å². The van der Waals surface area contributed by atoms with Crippen LogP contribution in [0.25, 0.3) is 0 Å². The Hall–Kier alpha value is -1.35. The van der Waals surface area contributed by atoms with E-state index in [9.17, 15) is 4.79 Å². The van der Waals surface area contributed by atoms with E-state index in [0.717, 1.165) is 31.8 Å². The van der Waals surface area contributed by atoms with Gasteiger partial charge in [0, 0.05) is 25.6 Å². The smallest absolute Gasteiger partial charge is 0.220 e. The van der Waals surface area contributed by atoms with Gasteiger partial charge in [0.05, 0.1) is 0 Å². The predicted octanol–water partition coefficient (Wildman–Crippen LogP) is 3.13. The molecule has 0 saturated heterocycles. The van der Waals surface area contributed by atoms with Crippen molar-refractivity contribution in [3.05, 3.63) is 35.4 Å². The Balaban J connectivity index is 1.44. The monoisotopic (exact) mass is 300 g/mol. The molecule has 1 fully saturated rings. The van der Waals surface area contributed by atoms with E-state index in [1.165, 1.54) is 36.8 Å². The van der Waals surface area contributed by atoms with Gasteiger partial charge in [-0.3, -0.25) is 9.69 Å². The normalized spacial score (nSPS) is 22.5. The number of rotatable bonds is 5. The lowest BCUT2D eigenvalue weighted by atomic mass is 9.94. The molecule has 0 radical (unpaired) electrons. The van der Waals surface area contributed by atoms with Gasteiger partial charge in [0.25, 0.3) is 0 Å². The van der Waals surface area contributed by atoms with Crippen molar-refractivity contribution in [3.63, 3.8) is 0 Å². The Morgan fingerprint density at radius 3 is 2.73 bits per heavy atom. The molecule has 1 saturated carbocycles. The number of amides is 1. The molecule has 1 heterocycles. The average Bonchev–Trinajstić information content (AvgIpc) is 3.04. The summed E-state index contributed by atoms with van der Waals surface area (Å²) in [5.74, 6) is 1.04. The van der Waals surface area contributed by atoms with Gasteiger partial charge in [-0.1, -0.05) is 49.9 Å². The van der Waals surface area contributed by atoms with Crippen LogP contribution < -0.4 is 5.32 Å². The minimum atomic E-state index is 0.235. The number of fused-ring (bicyclic) bond motifs is 1. The van der Waals surface area contributed by atoms with Gasteiger partial charge in [-0.05, 0) is 36.9 Å². The van der Waals surface area contributed by atoms with Crippen molar-refractivity contribution in [2.24, 2.45) is 5.92 Å². The molecule has 1 N–H and O–H groups in total. The van der Waals surface area contributed by atoms with Crippen LogP contribution in [0, 0.1) is 5.92 Å². The molecule has 120 valence electrons. The maximum Gasteiger partial charge on any atom is 0.220 e. The second-order valence-electron chi connectivity index (χ2n) is 7.04. The molecule has 1 aromatic carbocycles. The summed E-state index contributed by atoms with van der Waals surface area (Å²) >= 11 is 0. The van der Waals surface area contributed by atoms with Gasteiger partial charge in [0.1, 0.15) is 0 Å². The third kappa shape index (κ3) is 3.89.